The van der Waals surface area contributed by atoms with Gasteiger partial charge in [-0.3, -0.25) is 35.0 Å². The molecular formula is C20H28N4O4. The number of rotatable bonds is 7. The molecule has 2 N–H and O–H groups in total. The monoisotopic (exact) mass is 388 g/mol. The summed E-state index contributed by atoms with van der Waals surface area (Å²) in [6.07, 6.45) is 5.68. The first-order valence-corrected chi connectivity index (χ1v) is 9.59. The molecule has 0 bridgehead atoms. The number of hydrogen-bond acceptors (Lipinski definition) is 5. The van der Waals surface area contributed by atoms with Crippen molar-refractivity contribution in [2.45, 2.75) is 58.9 Å². The van der Waals surface area contributed by atoms with Crippen molar-refractivity contribution >= 4 is 23.5 Å². The molecule has 1 aliphatic rings. The van der Waals surface area contributed by atoms with E-state index in [2.05, 4.69) is 15.8 Å². The number of nitrogens with zero attached hydrogens (tertiary/aromatic N) is 2. The average Bonchev–Trinajstić information content (AvgIpc) is 3.20. The lowest BCUT2D eigenvalue weighted by atomic mass is 9.84. The molecule has 8 heteroatoms. The second kappa shape index (κ2) is 9.43. The number of pyridine rings is 1. The largest absolute Gasteiger partial charge is 0.324 e. The van der Waals surface area contributed by atoms with Crippen molar-refractivity contribution in [2.24, 2.45) is 5.41 Å². The standard InChI is InChI=1S/C20H28N4O4/c1-4-20(2,3)17(26)19(28)24-12-6-8-15(24)18(27)23-22-16(25)10-9-14-7-5-11-21-13-14/h5,7,11,13,15H,4,6,8-10,12H2,1-3H3,(H,22,25)(H,23,27)/t15-/m0/s1. The van der Waals surface area contributed by atoms with E-state index >= 15 is 0 Å². The first-order chi connectivity index (χ1) is 13.3. The Kier molecular flexibility index (Phi) is 7.25. The fraction of sp³-hybridized carbons (Fsp3) is 0.550. The Morgan fingerprint density at radius 2 is 2.00 bits per heavy atom. The van der Waals surface area contributed by atoms with Gasteiger partial charge in [0, 0.05) is 30.8 Å². The minimum atomic E-state index is -0.763. The van der Waals surface area contributed by atoms with E-state index in [0.29, 0.717) is 32.2 Å². The van der Waals surface area contributed by atoms with Crippen molar-refractivity contribution in [2.75, 3.05) is 6.54 Å². The van der Waals surface area contributed by atoms with E-state index in [1.54, 1.807) is 32.3 Å². The SMILES string of the molecule is CCC(C)(C)C(=O)C(=O)N1CCC[C@H]1C(=O)NNC(=O)CCc1cccnc1. The number of carbonyl (C=O) groups excluding carboxylic acids is 4. The summed E-state index contributed by atoms with van der Waals surface area (Å²) < 4.78 is 0. The fourth-order valence-electron chi connectivity index (χ4n) is 2.94. The van der Waals surface area contributed by atoms with Crippen LogP contribution in [-0.4, -0.2) is 46.0 Å². The predicted molar refractivity (Wildman–Crippen MR) is 103 cm³/mol. The molecular weight excluding hydrogens is 360 g/mol. The quantitative estimate of drug-likeness (QED) is 0.538. The van der Waals surface area contributed by atoms with E-state index < -0.39 is 29.1 Å². The zero-order valence-electron chi connectivity index (χ0n) is 16.7. The van der Waals surface area contributed by atoms with Gasteiger partial charge in [-0.1, -0.05) is 26.8 Å². The zero-order chi connectivity index (χ0) is 20.7. The average molecular weight is 388 g/mol. The molecule has 1 aromatic heterocycles. The Morgan fingerprint density at radius 3 is 2.64 bits per heavy atom. The van der Waals surface area contributed by atoms with Gasteiger partial charge in [0.15, 0.2) is 0 Å². The van der Waals surface area contributed by atoms with Gasteiger partial charge < -0.3 is 4.90 Å². The van der Waals surface area contributed by atoms with Gasteiger partial charge in [0.05, 0.1) is 0 Å². The highest BCUT2D eigenvalue weighted by atomic mass is 16.2. The second-order valence-electron chi connectivity index (χ2n) is 7.62. The highest BCUT2D eigenvalue weighted by Gasteiger charge is 2.41. The lowest BCUT2D eigenvalue weighted by Crippen LogP contribution is -2.53. The van der Waals surface area contributed by atoms with Crippen LogP contribution >= 0.6 is 0 Å². The zero-order valence-corrected chi connectivity index (χ0v) is 16.7. The molecule has 1 aromatic rings. The third kappa shape index (κ3) is 5.37. The Morgan fingerprint density at radius 1 is 1.25 bits per heavy atom. The molecule has 0 radical (unpaired) electrons. The minimum absolute atomic E-state index is 0.197. The van der Waals surface area contributed by atoms with Gasteiger partial charge in [-0.05, 0) is 37.3 Å². The fourth-order valence-corrected chi connectivity index (χ4v) is 2.94. The Balaban J connectivity index is 1.86. The lowest BCUT2D eigenvalue weighted by molar-refractivity contribution is -0.151. The topological polar surface area (TPSA) is 108 Å². The van der Waals surface area contributed by atoms with Crippen LogP contribution in [0.4, 0.5) is 0 Å². The van der Waals surface area contributed by atoms with Crippen LogP contribution in [0.1, 0.15) is 52.0 Å². The van der Waals surface area contributed by atoms with E-state index in [0.717, 1.165) is 5.56 Å². The minimum Gasteiger partial charge on any atom is -0.324 e. The molecule has 0 unspecified atom stereocenters. The number of aryl methyl sites for hydroxylation is 1. The van der Waals surface area contributed by atoms with Gasteiger partial charge in [-0.25, -0.2) is 0 Å². The maximum Gasteiger partial charge on any atom is 0.291 e. The summed E-state index contributed by atoms with van der Waals surface area (Å²) in [6, 6.07) is 2.92. The number of hydrogen-bond donors (Lipinski definition) is 2. The summed E-state index contributed by atoms with van der Waals surface area (Å²) in [5, 5.41) is 0. The van der Waals surface area contributed by atoms with Crippen molar-refractivity contribution in [3.63, 3.8) is 0 Å². The van der Waals surface area contributed by atoms with Crippen molar-refractivity contribution in [1.82, 2.24) is 20.7 Å². The number of ketones is 1. The summed E-state index contributed by atoms with van der Waals surface area (Å²) in [5.41, 5.74) is 4.92. The number of nitrogens with one attached hydrogen (secondary N) is 2. The van der Waals surface area contributed by atoms with Crippen LogP contribution in [0, 0.1) is 5.41 Å². The van der Waals surface area contributed by atoms with Crippen molar-refractivity contribution in [3.8, 4) is 0 Å². The van der Waals surface area contributed by atoms with Gasteiger partial charge in [0.2, 0.25) is 11.7 Å². The van der Waals surface area contributed by atoms with Crippen LogP contribution in [-0.2, 0) is 25.6 Å². The van der Waals surface area contributed by atoms with E-state index in [-0.39, 0.29) is 12.3 Å². The molecule has 152 valence electrons. The molecule has 0 spiro atoms. The van der Waals surface area contributed by atoms with Gasteiger partial charge in [0.1, 0.15) is 6.04 Å². The second-order valence-corrected chi connectivity index (χ2v) is 7.62. The Hall–Kier alpha value is -2.77. The summed E-state index contributed by atoms with van der Waals surface area (Å²) >= 11 is 0. The number of carbonyl (C=O) groups is 4. The molecule has 1 fully saturated rings. The first-order valence-electron chi connectivity index (χ1n) is 9.59. The molecule has 2 heterocycles. The number of aromatic nitrogens is 1. The van der Waals surface area contributed by atoms with Crippen LogP contribution in [0.15, 0.2) is 24.5 Å². The molecule has 1 atom stereocenters. The lowest BCUT2D eigenvalue weighted by Gasteiger charge is -2.27. The molecule has 8 nitrogen and oxygen atoms in total. The summed E-state index contributed by atoms with van der Waals surface area (Å²) in [6.45, 7) is 5.65. The molecule has 0 aliphatic carbocycles. The van der Waals surface area contributed by atoms with Gasteiger partial charge in [-0.2, -0.15) is 0 Å². The van der Waals surface area contributed by atoms with E-state index in [4.69, 9.17) is 0 Å². The summed E-state index contributed by atoms with van der Waals surface area (Å²) in [5.74, 6) is -1.94. The van der Waals surface area contributed by atoms with Crippen molar-refractivity contribution < 1.29 is 19.2 Å². The maximum absolute atomic E-state index is 12.6. The van der Waals surface area contributed by atoms with Crippen LogP contribution in [0.5, 0.6) is 0 Å². The maximum atomic E-state index is 12.6. The number of hydrazine groups is 1. The molecule has 3 amide bonds. The van der Waals surface area contributed by atoms with Crippen LogP contribution in [0.25, 0.3) is 0 Å². The van der Waals surface area contributed by atoms with Crippen molar-refractivity contribution in [1.29, 1.82) is 0 Å². The Bertz CT molecular complexity index is 733. The summed E-state index contributed by atoms with van der Waals surface area (Å²) in [7, 11) is 0. The van der Waals surface area contributed by atoms with Crippen LogP contribution in [0.2, 0.25) is 0 Å². The van der Waals surface area contributed by atoms with E-state index in [1.165, 1.54) is 4.90 Å². The molecule has 1 aliphatic heterocycles. The Labute approximate surface area is 165 Å². The van der Waals surface area contributed by atoms with Crippen molar-refractivity contribution in [3.05, 3.63) is 30.1 Å². The normalized spacial score (nSPS) is 16.5. The highest BCUT2D eigenvalue weighted by Crippen LogP contribution is 2.25. The first kappa shape index (κ1) is 21.5. The third-order valence-electron chi connectivity index (χ3n) is 5.20. The molecule has 0 saturated carbocycles. The number of Topliss-reactive ketones (excluding diaryl/α,β-unsaturated/α-hetero) is 1. The molecule has 2 rings (SSSR count). The molecule has 28 heavy (non-hydrogen) atoms. The summed E-state index contributed by atoms with van der Waals surface area (Å²) in [4.78, 5) is 54.7. The van der Waals surface area contributed by atoms with E-state index in [9.17, 15) is 19.2 Å². The molecule has 1 saturated heterocycles. The highest BCUT2D eigenvalue weighted by molar-refractivity contribution is 6.38. The smallest absolute Gasteiger partial charge is 0.291 e. The van der Waals surface area contributed by atoms with Gasteiger partial charge >= 0.3 is 0 Å². The van der Waals surface area contributed by atoms with Gasteiger partial charge in [-0.15, -0.1) is 0 Å². The number of amides is 3. The van der Waals surface area contributed by atoms with Crippen LogP contribution in [0.3, 0.4) is 0 Å². The molecule has 0 aromatic carbocycles. The number of likely N-dealkylation sites (tertiary alicyclic amines) is 1. The van der Waals surface area contributed by atoms with Gasteiger partial charge in [0.25, 0.3) is 11.8 Å². The third-order valence-corrected chi connectivity index (χ3v) is 5.20. The van der Waals surface area contributed by atoms with Crippen LogP contribution < -0.4 is 10.9 Å². The van der Waals surface area contributed by atoms with E-state index in [1.807, 2.05) is 13.0 Å². The predicted octanol–water partition coefficient (Wildman–Crippen LogP) is 1.16.